The molecule has 0 saturated carbocycles. The van der Waals surface area contributed by atoms with Crippen LogP contribution in [0.15, 0.2) is 18.2 Å². The molecule has 3 rings (SSSR count). The average molecular weight is 625 g/mol. The Bertz CT molecular complexity index is 1300. The normalized spacial score (nSPS) is 14.0. The molecule has 8 nitrogen and oxygen atoms in total. The number of phenolic OH excluding ortho intramolecular Hbond substituents is 1. The molecule has 1 aliphatic rings. The number of carbonyl (C=O) groups excluding carboxylic acids is 2. The number of carboxylic acids is 1. The van der Waals surface area contributed by atoms with Crippen LogP contribution in [0.25, 0.3) is 0 Å². The topological polar surface area (TPSA) is 119 Å². The molecule has 0 fully saturated rings. The third-order valence-electron chi connectivity index (χ3n) is 8.37. The Hall–Kier alpha value is -3.55. The van der Waals surface area contributed by atoms with Gasteiger partial charge in [0.2, 0.25) is 0 Å². The van der Waals surface area contributed by atoms with Crippen LogP contribution < -0.4 is 14.2 Å². The Morgan fingerprint density at radius 1 is 0.889 bits per heavy atom. The molecule has 1 aliphatic heterocycles. The van der Waals surface area contributed by atoms with E-state index in [2.05, 4.69) is 6.92 Å². The number of aromatic hydroxyl groups is 1. The number of fused-ring (bicyclic) bond motifs is 1. The molecule has 1 atom stereocenters. The first-order valence-electron chi connectivity index (χ1n) is 16.9. The van der Waals surface area contributed by atoms with Gasteiger partial charge in [-0.1, -0.05) is 52.9 Å². The monoisotopic (exact) mass is 624 g/mol. The van der Waals surface area contributed by atoms with E-state index in [1.165, 1.54) is 6.92 Å². The third-order valence-corrected chi connectivity index (χ3v) is 8.37. The fourth-order valence-corrected chi connectivity index (χ4v) is 5.98. The van der Waals surface area contributed by atoms with Gasteiger partial charge in [-0.3, -0.25) is 14.4 Å². The molecule has 0 spiro atoms. The van der Waals surface area contributed by atoms with Gasteiger partial charge in [0.15, 0.2) is 11.6 Å². The standard InChI is InChI=1S/C37H52O8/c1-5-14-29-33(21-20-28(25(4)38)35(29)42)43-22-11-9-8-10-12-23-44-37-30(15-6-2)36-26(24-31(37)32(39)7-3)18-19-27(45-36)16-13-17-34(40)41/h20-21,24,27,42H,5-19,22-23H2,1-4H3,(H,40,41). The molecular weight excluding hydrogens is 572 g/mol. The first-order chi connectivity index (χ1) is 21.7. The zero-order valence-corrected chi connectivity index (χ0v) is 27.7. The number of Topliss-reactive ketones (excluding diaryl/α,β-unsaturated/α-hetero) is 2. The summed E-state index contributed by atoms with van der Waals surface area (Å²) in [5.74, 6) is 1.29. The Morgan fingerprint density at radius 3 is 2.20 bits per heavy atom. The summed E-state index contributed by atoms with van der Waals surface area (Å²) in [5.41, 5.74) is 3.70. The lowest BCUT2D eigenvalue weighted by Crippen LogP contribution is -2.25. The second-order valence-corrected chi connectivity index (χ2v) is 12.0. The highest BCUT2D eigenvalue weighted by molar-refractivity contribution is 5.99. The molecule has 2 aromatic rings. The van der Waals surface area contributed by atoms with Crippen LogP contribution in [0.1, 0.15) is 142 Å². The van der Waals surface area contributed by atoms with Crippen molar-refractivity contribution in [2.24, 2.45) is 0 Å². The van der Waals surface area contributed by atoms with Crippen molar-refractivity contribution in [3.63, 3.8) is 0 Å². The smallest absolute Gasteiger partial charge is 0.303 e. The SMILES string of the molecule is CCCc1c(OCCCCCCCOc2c(C(=O)CC)cc3c(c2CCC)OC(CCCC(=O)O)CC3)ccc(C(C)=O)c1O. The highest BCUT2D eigenvalue weighted by Gasteiger charge is 2.28. The van der Waals surface area contributed by atoms with E-state index in [-0.39, 0.29) is 29.8 Å². The van der Waals surface area contributed by atoms with Crippen LogP contribution in [0, 0.1) is 0 Å². The Labute approximate surface area is 268 Å². The molecule has 2 aromatic carbocycles. The number of carbonyl (C=O) groups is 3. The first-order valence-corrected chi connectivity index (χ1v) is 16.9. The first kappa shape index (κ1) is 35.9. The molecule has 0 bridgehead atoms. The summed E-state index contributed by atoms with van der Waals surface area (Å²) in [5, 5.41) is 19.6. The molecule has 0 amide bonds. The van der Waals surface area contributed by atoms with E-state index in [9.17, 15) is 19.5 Å². The number of benzene rings is 2. The second-order valence-electron chi connectivity index (χ2n) is 12.0. The maximum atomic E-state index is 13.0. The summed E-state index contributed by atoms with van der Waals surface area (Å²) in [6.07, 6.45) is 11.3. The van der Waals surface area contributed by atoms with Gasteiger partial charge in [0.25, 0.3) is 0 Å². The minimum absolute atomic E-state index is 0.0270. The van der Waals surface area contributed by atoms with Crippen LogP contribution in [0.4, 0.5) is 0 Å². The molecule has 0 aromatic heterocycles. The molecule has 1 unspecified atom stereocenters. The number of hydrogen-bond acceptors (Lipinski definition) is 7. The van der Waals surface area contributed by atoms with Gasteiger partial charge in [-0.2, -0.15) is 0 Å². The summed E-state index contributed by atoms with van der Waals surface area (Å²) in [6, 6.07) is 5.38. The highest BCUT2D eigenvalue weighted by Crippen LogP contribution is 2.42. The van der Waals surface area contributed by atoms with Crippen LogP contribution in [0.3, 0.4) is 0 Å². The Kier molecular flexibility index (Phi) is 14.7. The summed E-state index contributed by atoms with van der Waals surface area (Å²) < 4.78 is 18.8. The largest absolute Gasteiger partial charge is 0.507 e. The maximum absolute atomic E-state index is 13.0. The number of aryl methyl sites for hydroxylation is 1. The number of rotatable bonds is 21. The van der Waals surface area contributed by atoms with E-state index in [0.717, 1.165) is 81.1 Å². The predicted octanol–water partition coefficient (Wildman–Crippen LogP) is 8.45. The van der Waals surface area contributed by atoms with Crippen molar-refractivity contribution < 1.29 is 38.8 Å². The highest BCUT2D eigenvalue weighted by atomic mass is 16.5. The van der Waals surface area contributed by atoms with Crippen molar-refractivity contribution in [3.05, 3.63) is 46.0 Å². The van der Waals surface area contributed by atoms with E-state index in [1.807, 2.05) is 19.9 Å². The lowest BCUT2D eigenvalue weighted by molar-refractivity contribution is -0.137. The van der Waals surface area contributed by atoms with Gasteiger partial charge in [-0.25, -0.2) is 0 Å². The van der Waals surface area contributed by atoms with Gasteiger partial charge < -0.3 is 24.4 Å². The van der Waals surface area contributed by atoms with E-state index >= 15 is 0 Å². The lowest BCUT2D eigenvalue weighted by Gasteiger charge is -2.30. The zero-order valence-electron chi connectivity index (χ0n) is 27.7. The molecule has 0 radical (unpaired) electrons. The molecular formula is C37H52O8. The number of unbranched alkanes of at least 4 members (excludes halogenated alkanes) is 4. The fraction of sp³-hybridized carbons (Fsp3) is 0.595. The minimum atomic E-state index is -0.788. The van der Waals surface area contributed by atoms with E-state index in [4.69, 9.17) is 19.3 Å². The van der Waals surface area contributed by atoms with Gasteiger partial charge in [-0.05, 0) is 82.1 Å². The van der Waals surface area contributed by atoms with Gasteiger partial charge in [0.05, 0.1) is 30.4 Å². The number of ether oxygens (including phenoxy) is 3. The molecule has 8 heteroatoms. The van der Waals surface area contributed by atoms with E-state index in [0.29, 0.717) is 67.1 Å². The second kappa shape index (κ2) is 18.4. The van der Waals surface area contributed by atoms with Crippen molar-refractivity contribution in [2.45, 2.75) is 130 Å². The Morgan fingerprint density at radius 2 is 1.56 bits per heavy atom. The summed E-state index contributed by atoms with van der Waals surface area (Å²) in [7, 11) is 0. The van der Waals surface area contributed by atoms with E-state index < -0.39 is 5.97 Å². The summed E-state index contributed by atoms with van der Waals surface area (Å²) in [4.78, 5) is 35.8. The summed E-state index contributed by atoms with van der Waals surface area (Å²) in [6.45, 7) is 8.52. The quantitative estimate of drug-likeness (QED) is 0.105. The van der Waals surface area contributed by atoms with Crippen molar-refractivity contribution in [3.8, 4) is 23.0 Å². The van der Waals surface area contributed by atoms with Crippen molar-refractivity contribution in [1.82, 2.24) is 0 Å². The maximum Gasteiger partial charge on any atom is 0.303 e. The van der Waals surface area contributed by atoms with Gasteiger partial charge in [-0.15, -0.1) is 0 Å². The van der Waals surface area contributed by atoms with Gasteiger partial charge in [0.1, 0.15) is 23.0 Å². The van der Waals surface area contributed by atoms with Crippen LogP contribution >= 0.6 is 0 Å². The molecule has 1 heterocycles. The fourth-order valence-electron chi connectivity index (χ4n) is 5.98. The van der Waals surface area contributed by atoms with Crippen LogP contribution in [0.5, 0.6) is 23.0 Å². The zero-order chi connectivity index (χ0) is 32.8. The third kappa shape index (κ3) is 10.2. The predicted molar refractivity (Wildman–Crippen MR) is 175 cm³/mol. The van der Waals surface area contributed by atoms with Crippen molar-refractivity contribution in [2.75, 3.05) is 13.2 Å². The van der Waals surface area contributed by atoms with Crippen LogP contribution in [-0.2, 0) is 24.1 Å². The molecule has 248 valence electrons. The number of hydrogen-bond donors (Lipinski definition) is 2. The molecule has 45 heavy (non-hydrogen) atoms. The number of ketones is 2. The average Bonchev–Trinajstić information content (AvgIpc) is 3.01. The number of phenols is 1. The summed E-state index contributed by atoms with van der Waals surface area (Å²) >= 11 is 0. The molecule has 2 N–H and O–H groups in total. The van der Waals surface area contributed by atoms with Gasteiger partial charge in [0, 0.05) is 24.0 Å². The van der Waals surface area contributed by atoms with Crippen molar-refractivity contribution >= 4 is 17.5 Å². The van der Waals surface area contributed by atoms with E-state index in [1.54, 1.807) is 12.1 Å². The molecule has 0 aliphatic carbocycles. The van der Waals surface area contributed by atoms with Crippen LogP contribution in [0.2, 0.25) is 0 Å². The van der Waals surface area contributed by atoms with Gasteiger partial charge >= 0.3 is 5.97 Å². The number of aliphatic carboxylic acids is 1. The van der Waals surface area contributed by atoms with Crippen molar-refractivity contribution in [1.29, 1.82) is 0 Å². The van der Waals surface area contributed by atoms with Crippen LogP contribution in [-0.4, -0.2) is 47.1 Å². The number of carboxylic acid groups (broad SMARTS) is 1. The lowest BCUT2D eigenvalue weighted by atomic mass is 9.90. The minimum Gasteiger partial charge on any atom is -0.507 e. The molecule has 0 saturated heterocycles. The Balaban J connectivity index is 1.54.